The Bertz CT molecular complexity index is 1030. The van der Waals surface area contributed by atoms with E-state index in [-0.39, 0.29) is 11.8 Å². The molecule has 1 fully saturated rings. The van der Waals surface area contributed by atoms with Crippen molar-refractivity contribution in [1.82, 2.24) is 10.1 Å². The molecule has 1 saturated heterocycles. The molecule has 0 saturated carbocycles. The van der Waals surface area contributed by atoms with Gasteiger partial charge in [-0.2, -0.15) is 4.98 Å². The molecule has 4 rings (SSSR count). The Morgan fingerprint density at radius 3 is 2.34 bits per heavy atom. The average molecular weight is 390 g/mol. The number of aromatic nitrogens is 2. The molecule has 1 aromatic heterocycles. The highest BCUT2D eigenvalue weighted by Gasteiger charge is 2.35. The molecule has 0 radical (unpaired) electrons. The van der Waals surface area contributed by atoms with Gasteiger partial charge < -0.3 is 14.3 Å². The highest BCUT2D eigenvalue weighted by Crippen LogP contribution is 2.35. The van der Waals surface area contributed by atoms with Gasteiger partial charge in [0, 0.05) is 49.9 Å². The minimum absolute atomic E-state index is 0.0684. The van der Waals surface area contributed by atoms with Crippen LogP contribution in [0.15, 0.2) is 40.9 Å². The third-order valence-electron chi connectivity index (χ3n) is 5.47. The van der Waals surface area contributed by atoms with Gasteiger partial charge in [0.1, 0.15) is 0 Å². The van der Waals surface area contributed by atoms with Crippen LogP contribution in [0.5, 0.6) is 0 Å². The number of benzene rings is 2. The summed E-state index contributed by atoms with van der Waals surface area (Å²) >= 11 is 0. The van der Waals surface area contributed by atoms with Crippen LogP contribution in [0.2, 0.25) is 0 Å². The summed E-state index contributed by atoms with van der Waals surface area (Å²) in [5.74, 6) is 1.11. The molecule has 3 aromatic rings. The number of aryl methyl sites for hydroxylation is 3. The van der Waals surface area contributed by atoms with Gasteiger partial charge in [0.15, 0.2) is 5.82 Å². The van der Waals surface area contributed by atoms with Gasteiger partial charge in [-0.1, -0.05) is 22.9 Å². The molecular formula is C23H26N4O2. The molecule has 2 aromatic carbocycles. The van der Waals surface area contributed by atoms with Crippen molar-refractivity contribution in [3.05, 3.63) is 58.9 Å². The zero-order valence-corrected chi connectivity index (χ0v) is 17.6. The summed E-state index contributed by atoms with van der Waals surface area (Å²) < 4.78 is 5.50. The fourth-order valence-electron chi connectivity index (χ4n) is 4.11. The zero-order chi connectivity index (χ0) is 20.7. The Morgan fingerprint density at radius 2 is 1.72 bits per heavy atom. The van der Waals surface area contributed by atoms with E-state index in [1.165, 1.54) is 5.56 Å². The van der Waals surface area contributed by atoms with Crippen LogP contribution in [0.4, 0.5) is 11.4 Å². The van der Waals surface area contributed by atoms with Crippen LogP contribution < -0.4 is 9.80 Å². The van der Waals surface area contributed by atoms with Crippen LogP contribution in [0.25, 0.3) is 11.5 Å². The second-order valence-corrected chi connectivity index (χ2v) is 8.05. The van der Waals surface area contributed by atoms with Crippen LogP contribution in [0, 0.1) is 20.8 Å². The minimum Gasteiger partial charge on any atom is -0.378 e. The highest BCUT2D eigenvalue weighted by atomic mass is 16.5. The molecule has 2 heterocycles. The van der Waals surface area contributed by atoms with Gasteiger partial charge >= 0.3 is 0 Å². The van der Waals surface area contributed by atoms with Crippen LogP contribution >= 0.6 is 0 Å². The van der Waals surface area contributed by atoms with Gasteiger partial charge in [-0.15, -0.1) is 0 Å². The van der Waals surface area contributed by atoms with Crippen molar-refractivity contribution in [2.75, 3.05) is 30.4 Å². The van der Waals surface area contributed by atoms with Gasteiger partial charge in [0.2, 0.25) is 5.91 Å². The Hall–Kier alpha value is -3.15. The van der Waals surface area contributed by atoms with Crippen molar-refractivity contribution >= 4 is 17.3 Å². The van der Waals surface area contributed by atoms with E-state index in [0.717, 1.165) is 28.1 Å². The van der Waals surface area contributed by atoms with Crippen molar-refractivity contribution < 1.29 is 9.32 Å². The summed E-state index contributed by atoms with van der Waals surface area (Å²) in [5, 5.41) is 4.18. The van der Waals surface area contributed by atoms with Gasteiger partial charge in [-0.25, -0.2) is 0 Å². The summed E-state index contributed by atoms with van der Waals surface area (Å²) in [4.78, 5) is 21.3. The van der Waals surface area contributed by atoms with Crippen molar-refractivity contribution in [3.8, 4) is 11.5 Å². The highest BCUT2D eigenvalue weighted by molar-refractivity contribution is 5.97. The summed E-state index contributed by atoms with van der Waals surface area (Å²) in [6.07, 6.45) is 0.394. The first-order chi connectivity index (χ1) is 13.8. The molecule has 0 bridgehead atoms. The number of carbonyl (C=O) groups is 1. The van der Waals surface area contributed by atoms with E-state index in [0.29, 0.717) is 24.7 Å². The lowest BCUT2D eigenvalue weighted by Gasteiger charge is -2.22. The summed E-state index contributed by atoms with van der Waals surface area (Å²) in [6, 6.07) is 12.2. The molecule has 0 aliphatic carbocycles. The smallest absolute Gasteiger partial charge is 0.257 e. The number of nitrogens with zero attached hydrogens (tertiary/aromatic N) is 4. The van der Waals surface area contributed by atoms with Gasteiger partial charge in [0.25, 0.3) is 5.89 Å². The van der Waals surface area contributed by atoms with Crippen LogP contribution in [0.1, 0.15) is 34.9 Å². The molecule has 29 heavy (non-hydrogen) atoms. The zero-order valence-electron chi connectivity index (χ0n) is 17.6. The van der Waals surface area contributed by atoms with E-state index in [9.17, 15) is 4.79 Å². The van der Waals surface area contributed by atoms with Gasteiger partial charge in [-0.3, -0.25) is 4.79 Å². The predicted molar refractivity (Wildman–Crippen MR) is 114 cm³/mol. The van der Waals surface area contributed by atoms with Crippen LogP contribution in [0.3, 0.4) is 0 Å². The quantitative estimate of drug-likeness (QED) is 0.666. The predicted octanol–water partition coefficient (Wildman–Crippen LogP) is 4.25. The number of carbonyl (C=O) groups excluding carboxylic acids is 1. The third kappa shape index (κ3) is 3.62. The standard InChI is InChI=1S/C23H26N4O2/c1-14-10-15(2)21(16(3)11-14)27-13-18(12-20(27)28)22-24-23(29-25-22)17-6-8-19(9-7-17)26(4)5/h6-11,18H,12-13H2,1-5H3. The SMILES string of the molecule is Cc1cc(C)c(N2CC(c3noc(-c4ccc(N(C)C)cc4)n3)CC2=O)c(C)c1. The Kier molecular flexibility index (Phi) is 4.86. The largest absolute Gasteiger partial charge is 0.378 e. The van der Waals surface area contributed by atoms with E-state index in [2.05, 4.69) is 43.0 Å². The number of hydrogen-bond acceptors (Lipinski definition) is 5. The van der Waals surface area contributed by atoms with E-state index in [1.807, 2.05) is 48.2 Å². The lowest BCUT2D eigenvalue weighted by Crippen LogP contribution is -2.26. The van der Waals surface area contributed by atoms with E-state index in [1.54, 1.807) is 0 Å². The molecule has 0 N–H and O–H groups in total. The molecule has 1 atom stereocenters. The molecule has 1 aliphatic heterocycles. The second kappa shape index (κ2) is 7.35. The Balaban J connectivity index is 1.56. The maximum absolute atomic E-state index is 12.8. The van der Waals surface area contributed by atoms with Gasteiger partial charge in [-0.05, 0) is 56.2 Å². The molecule has 1 aliphatic rings. The first-order valence-corrected chi connectivity index (χ1v) is 9.83. The van der Waals surface area contributed by atoms with Gasteiger partial charge in [0.05, 0.1) is 0 Å². The summed E-state index contributed by atoms with van der Waals surface area (Å²) in [7, 11) is 4.00. The van der Waals surface area contributed by atoms with Crippen LogP contribution in [-0.4, -0.2) is 36.7 Å². The summed E-state index contributed by atoms with van der Waals surface area (Å²) in [5.41, 5.74) is 6.42. The van der Waals surface area contributed by atoms with Crippen molar-refractivity contribution in [1.29, 1.82) is 0 Å². The fraction of sp³-hybridized carbons (Fsp3) is 0.348. The molecule has 1 unspecified atom stereocenters. The topological polar surface area (TPSA) is 62.5 Å². The number of rotatable bonds is 4. The lowest BCUT2D eigenvalue weighted by atomic mass is 10.0. The summed E-state index contributed by atoms with van der Waals surface area (Å²) in [6.45, 7) is 6.76. The third-order valence-corrected chi connectivity index (χ3v) is 5.47. The molecule has 6 nitrogen and oxygen atoms in total. The van der Waals surface area contributed by atoms with Crippen molar-refractivity contribution in [2.24, 2.45) is 0 Å². The van der Waals surface area contributed by atoms with E-state index < -0.39 is 0 Å². The number of amides is 1. The monoisotopic (exact) mass is 390 g/mol. The molecule has 1 amide bonds. The molecule has 0 spiro atoms. The normalized spacial score (nSPS) is 16.5. The first-order valence-electron chi connectivity index (χ1n) is 9.83. The first kappa shape index (κ1) is 19.2. The minimum atomic E-state index is -0.0684. The fourth-order valence-corrected chi connectivity index (χ4v) is 4.11. The number of hydrogen-bond donors (Lipinski definition) is 0. The Morgan fingerprint density at radius 1 is 1.07 bits per heavy atom. The second-order valence-electron chi connectivity index (χ2n) is 8.05. The maximum atomic E-state index is 12.8. The van der Waals surface area contributed by atoms with Crippen molar-refractivity contribution in [3.63, 3.8) is 0 Å². The molecular weight excluding hydrogens is 364 g/mol. The molecule has 6 heteroatoms. The molecule has 150 valence electrons. The van der Waals surface area contributed by atoms with E-state index >= 15 is 0 Å². The van der Waals surface area contributed by atoms with Crippen LogP contribution in [-0.2, 0) is 4.79 Å². The average Bonchev–Trinajstić information content (AvgIpc) is 3.28. The van der Waals surface area contributed by atoms with Crippen molar-refractivity contribution in [2.45, 2.75) is 33.1 Å². The number of anilines is 2. The Labute approximate surface area is 171 Å². The maximum Gasteiger partial charge on any atom is 0.257 e. The lowest BCUT2D eigenvalue weighted by molar-refractivity contribution is -0.117. The van der Waals surface area contributed by atoms with E-state index in [4.69, 9.17) is 4.52 Å².